The summed E-state index contributed by atoms with van der Waals surface area (Å²) in [5.74, 6) is 0.126. The number of nitrogens with one attached hydrogen (secondary N) is 1. The van der Waals surface area contributed by atoms with E-state index in [1.807, 2.05) is 24.1 Å². The third-order valence-corrected chi connectivity index (χ3v) is 4.65. The summed E-state index contributed by atoms with van der Waals surface area (Å²) in [5, 5.41) is 10.4. The topological polar surface area (TPSA) is 65.6 Å². The number of fused-ring (bicyclic) bond motifs is 1. The number of aryl methyl sites for hydroxylation is 2. The van der Waals surface area contributed by atoms with E-state index in [1.165, 1.54) is 16.5 Å². The fraction of sp³-hybridized carbons (Fsp3) is 0.500. The Morgan fingerprint density at radius 3 is 3.09 bits per heavy atom. The molecule has 1 aromatic heterocycles. The summed E-state index contributed by atoms with van der Waals surface area (Å²) in [7, 11) is 0. The van der Waals surface area contributed by atoms with E-state index in [2.05, 4.69) is 24.0 Å². The van der Waals surface area contributed by atoms with Gasteiger partial charge in [0.15, 0.2) is 0 Å². The zero-order valence-corrected chi connectivity index (χ0v) is 13.7. The number of hydrogen-bond acceptors (Lipinski definition) is 3. The molecule has 2 atom stereocenters. The van der Waals surface area contributed by atoms with E-state index >= 15 is 0 Å². The number of amides is 1. The van der Waals surface area contributed by atoms with Crippen LogP contribution in [-0.2, 0) is 16.0 Å². The monoisotopic (exact) mass is 316 g/mol. The van der Waals surface area contributed by atoms with E-state index in [0.717, 1.165) is 11.9 Å². The number of aliphatic hydroxyl groups excluding tert-OH is 1. The Kier molecular flexibility index (Phi) is 4.68. The highest BCUT2D eigenvalue weighted by molar-refractivity contribution is 5.86. The first-order valence-corrected chi connectivity index (χ1v) is 8.17. The minimum Gasteiger partial charge on any atom is -0.394 e. The summed E-state index contributed by atoms with van der Waals surface area (Å²) in [4.78, 5) is 17.7. The van der Waals surface area contributed by atoms with Crippen LogP contribution < -0.4 is 0 Å². The molecular weight excluding hydrogens is 292 g/mol. The maximum Gasteiger partial charge on any atom is 0.223 e. The van der Waals surface area contributed by atoms with Crippen molar-refractivity contribution in [3.05, 3.63) is 35.5 Å². The number of hydrogen-bond donors (Lipinski definition) is 2. The molecule has 2 N–H and O–H groups in total. The van der Waals surface area contributed by atoms with Gasteiger partial charge in [-0.1, -0.05) is 18.2 Å². The Balaban J connectivity index is 1.67. The molecule has 5 heteroatoms. The number of benzene rings is 1. The second-order valence-electron chi connectivity index (χ2n) is 6.34. The quantitative estimate of drug-likeness (QED) is 0.907. The van der Waals surface area contributed by atoms with Gasteiger partial charge in [0.1, 0.15) is 0 Å². The van der Waals surface area contributed by atoms with Crippen LogP contribution in [0.5, 0.6) is 0 Å². The van der Waals surface area contributed by atoms with Gasteiger partial charge in [0, 0.05) is 30.1 Å². The van der Waals surface area contributed by atoms with Gasteiger partial charge in [0.2, 0.25) is 5.91 Å². The SMILES string of the molecule is Cc1cccc2c(CCC(=O)N3CC(CO)OCC3C)c[nH]c12. The van der Waals surface area contributed by atoms with Crippen LogP contribution in [0, 0.1) is 6.92 Å². The van der Waals surface area contributed by atoms with Crippen molar-refractivity contribution in [2.45, 2.75) is 38.8 Å². The molecule has 2 unspecified atom stereocenters. The van der Waals surface area contributed by atoms with Gasteiger partial charge in [0.25, 0.3) is 0 Å². The van der Waals surface area contributed by atoms with Crippen LogP contribution in [0.15, 0.2) is 24.4 Å². The van der Waals surface area contributed by atoms with Crippen LogP contribution in [0.25, 0.3) is 10.9 Å². The lowest BCUT2D eigenvalue weighted by Crippen LogP contribution is -2.52. The van der Waals surface area contributed by atoms with Crippen LogP contribution in [0.2, 0.25) is 0 Å². The van der Waals surface area contributed by atoms with Gasteiger partial charge in [-0.3, -0.25) is 4.79 Å². The van der Waals surface area contributed by atoms with Gasteiger partial charge >= 0.3 is 0 Å². The molecule has 0 spiro atoms. The molecule has 1 amide bonds. The largest absolute Gasteiger partial charge is 0.394 e. The van der Waals surface area contributed by atoms with Crippen molar-refractivity contribution in [1.82, 2.24) is 9.88 Å². The molecule has 2 aromatic rings. The number of aromatic nitrogens is 1. The van der Waals surface area contributed by atoms with Crippen molar-refractivity contribution < 1.29 is 14.6 Å². The number of para-hydroxylation sites is 1. The Morgan fingerprint density at radius 1 is 1.48 bits per heavy atom. The molecule has 0 aliphatic carbocycles. The average Bonchev–Trinajstić information content (AvgIpc) is 2.97. The summed E-state index contributed by atoms with van der Waals surface area (Å²) in [6, 6.07) is 6.29. The predicted molar refractivity (Wildman–Crippen MR) is 89.4 cm³/mol. The molecule has 5 nitrogen and oxygen atoms in total. The first-order chi connectivity index (χ1) is 11.1. The lowest BCUT2D eigenvalue weighted by Gasteiger charge is -2.37. The Labute approximate surface area is 136 Å². The summed E-state index contributed by atoms with van der Waals surface area (Å²) >= 11 is 0. The van der Waals surface area contributed by atoms with Crippen LogP contribution in [0.4, 0.5) is 0 Å². The maximum atomic E-state index is 12.5. The number of morpholine rings is 1. The second-order valence-corrected chi connectivity index (χ2v) is 6.34. The molecule has 1 saturated heterocycles. The Bertz CT molecular complexity index is 695. The molecular formula is C18H24N2O3. The van der Waals surface area contributed by atoms with E-state index < -0.39 is 0 Å². The molecule has 3 rings (SSSR count). The van der Waals surface area contributed by atoms with Crippen LogP contribution in [0.3, 0.4) is 0 Å². The summed E-state index contributed by atoms with van der Waals surface area (Å²) in [6.07, 6.45) is 2.94. The number of aliphatic hydroxyl groups is 1. The average molecular weight is 316 g/mol. The van der Waals surface area contributed by atoms with Crippen molar-refractivity contribution in [2.75, 3.05) is 19.8 Å². The first kappa shape index (κ1) is 16.0. The summed E-state index contributed by atoms with van der Waals surface area (Å²) < 4.78 is 5.49. The Morgan fingerprint density at radius 2 is 2.30 bits per heavy atom. The number of aromatic amines is 1. The van der Waals surface area contributed by atoms with Gasteiger partial charge in [-0.25, -0.2) is 0 Å². The third kappa shape index (κ3) is 3.26. The number of H-pyrrole nitrogens is 1. The fourth-order valence-electron chi connectivity index (χ4n) is 3.23. The minimum absolute atomic E-state index is 0.0434. The van der Waals surface area contributed by atoms with E-state index in [0.29, 0.717) is 19.6 Å². The fourth-order valence-corrected chi connectivity index (χ4v) is 3.23. The molecule has 1 aromatic carbocycles. The summed E-state index contributed by atoms with van der Waals surface area (Å²) in [6.45, 7) is 4.99. The number of carbonyl (C=O) groups excluding carboxylic acids is 1. The predicted octanol–water partition coefficient (Wildman–Crippen LogP) is 2.02. The molecule has 1 fully saturated rings. The first-order valence-electron chi connectivity index (χ1n) is 8.17. The summed E-state index contributed by atoms with van der Waals surface area (Å²) in [5.41, 5.74) is 3.54. The molecule has 0 saturated carbocycles. The van der Waals surface area contributed by atoms with Crippen molar-refractivity contribution in [3.8, 4) is 0 Å². The van der Waals surface area contributed by atoms with Gasteiger partial charge < -0.3 is 19.7 Å². The number of carbonyl (C=O) groups is 1. The molecule has 0 bridgehead atoms. The van der Waals surface area contributed by atoms with Gasteiger partial charge in [-0.2, -0.15) is 0 Å². The molecule has 124 valence electrons. The highest BCUT2D eigenvalue weighted by Gasteiger charge is 2.28. The number of rotatable bonds is 4. The van der Waals surface area contributed by atoms with Gasteiger partial charge in [-0.15, -0.1) is 0 Å². The van der Waals surface area contributed by atoms with E-state index in [1.54, 1.807) is 0 Å². The normalized spacial score (nSPS) is 21.8. The maximum absolute atomic E-state index is 12.5. The molecule has 1 aliphatic heterocycles. The van der Waals surface area contributed by atoms with Crippen LogP contribution >= 0.6 is 0 Å². The Hall–Kier alpha value is -1.85. The van der Waals surface area contributed by atoms with Gasteiger partial charge in [0.05, 0.1) is 25.4 Å². The molecule has 2 heterocycles. The van der Waals surface area contributed by atoms with Crippen LogP contribution in [0.1, 0.15) is 24.5 Å². The van der Waals surface area contributed by atoms with Crippen molar-refractivity contribution >= 4 is 16.8 Å². The van der Waals surface area contributed by atoms with E-state index in [4.69, 9.17) is 4.74 Å². The van der Waals surface area contributed by atoms with E-state index in [9.17, 15) is 9.90 Å². The van der Waals surface area contributed by atoms with Crippen LogP contribution in [-0.4, -0.2) is 52.8 Å². The minimum atomic E-state index is -0.258. The van der Waals surface area contributed by atoms with E-state index in [-0.39, 0.29) is 24.7 Å². The van der Waals surface area contributed by atoms with Gasteiger partial charge in [-0.05, 0) is 31.4 Å². The number of nitrogens with zero attached hydrogens (tertiary/aromatic N) is 1. The standard InChI is InChI=1S/C18H24N2O3/c1-12-4-3-5-16-14(8-19-18(12)16)6-7-17(22)20-9-15(10-21)23-11-13(20)2/h3-5,8,13,15,19,21H,6-7,9-11H2,1-2H3. The third-order valence-electron chi connectivity index (χ3n) is 4.65. The molecule has 23 heavy (non-hydrogen) atoms. The van der Waals surface area contributed by atoms with Crippen molar-refractivity contribution in [3.63, 3.8) is 0 Å². The van der Waals surface area contributed by atoms with Crippen molar-refractivity contribution in [1.29, 1.82) is 0 Å². The molecule has 0 radical (unpaired) electrons. The zero-order valence-electron chi connectivity index (χ0n) is 13.7. The van der Waals surface area contributed by atoms with Crippen molar-refractivity contribution in [2.24, 2.45) is 0 Å². The smallest absolute Gasteiger partial charge is 0.223 e. The lowest BCUT2D eigenvalue weighted by molar-refractivity contribution is -0.146. The highest BCUT2D eigenvalue weighted by atomic mass is 16.5. The lowest BCUT2D eigenvalue weighted by atomic mass is 10.1. The number of ether oxygens (including phenoxy) is 1. The highest BCUT2D eigenvalue weighted by Crippen LogP contribution is 2.23. The molecule has 1 aliphatic rings. The second kappa shape index (κ2) is 6.72. The zero-order chi connectivity index (χ0) is 16.4.